The summed E-state index contributed by atoms with van der Waals surface area (Å²) in [5.41, 5.74) is 14.6. The van der Waals surface area contributed by atoms with E-state index in [9.17, 15) is 0 Å². The van der Waals surface area contributed by atoms with Gasteiger partial charge in [0.2, 0.25) is 0 Å². The van der Waals surface area contributed by atoms with Crippen molar-refractivity contribution in [3.05, 3.63) is 155 Å². The third kappa shape index (κ3) is 6.66. The van der Waals surface area contributed by atoms with Crippen molar-refractivity contribution >= 4 is 43.9 Å². The van der Waals surface area contributed by atoms with Crippen molar-refractivity contribution in [1.29, 1.82) is 0 Å². The Hall–Kier alpha value is -5.42. The molecule has 5 aromatic carbocycles. The Morgan fingerprint density at radius 2 is 1.37 bits per heavy atom. The molecule has 9 rings (SSSR count). The number of hydrogen-bond donors (Lipinski definition) is 0. The molecule has 271 valence electrons. The van der Waals surface area contributed by atoms with Gasteiger partial charge in [0.15, 0.2) is 0 Å². The zero-order chi connectivity index (χ0) is 36.8. The number of imidazole rings is 1. The summed E-state index contributed by atoms with van der Waals surface area (Å²) >= 11 is 0. The van der Waals surface area contributed by atoms with Gasteiger partial charge >= 0.3 is 0 Å². The first kappa shape index (κ1) is 36.9. The van der Waals surface area contributed by atoms with E-state index in [2.05, 4.69) is 130 Å². The molecule has 0 bridgehead atoms. The number of aromatic nitrogens is 4. The van der Waals surface area contributed by atoms with E-state index in [4.69, 9.17) is 14.4 Å². The molecule has 6 heteroatoms. The summed E-state index contributed by atoms with van der Waals surface area (Å²) in [5, 5.41) is 3.25. The van der Waals surface area contributed by atoms with Crippen LogP contribution in [0, 0.1) is 32.9 Å². The average Bonchev–Trinajstić information content (AvgIpc) is 3.75. The van der Waals surface area contributed by atoms with E-state index in [0.29, 0.717) is 11.8 Å². The maximum absolute atomic E-state index is 6.50. The molecule has 0 aliphatic rings. The Labute approximate surface area is 330 Å². The fourth-order valence-corrected chi connectivity index (χ4v) is 7.23. The molecule has 1 radical (unpaired) electrons. The summed E-state index contributed by atoms with van der Waals surface area (Å²) < 4.78 is 8.87. The molecule has 0 atom stereocenters. The minimum atomic E-state index is 0. The average molecular weight is 883 g/mol. The molecule has 54 heavy (non-hydrogen) atoms. The van der Waals surface area contributed by atoms with Crippen LogP contribution < -0.4 is 0 Å². The minimum absolute atomic E-state index is 0. The standard InChI is InChI=1S/C35H30N3O.C13H12N.Ir/c1-20(2)23-14-10-15-24(21(3)4)32(23)38-33-27-13-6-8-18-29(27)36-22(5)31(33)37-35(38)28-17-11-16-26-25-12-7-9-19-30(25)39-34(26)28;1-10-3-6-12(7-4-10)13-8-5-11(2)9-14-13;/h6-16,18-21H,1-5H3;3-6,8-9H,1-2H3;/q2*-1;. The molecule has 0 N–H and O–H groups in total. The Kier molecular flexibility index (Phi) is 10.3. The van der Waals surface area contributed by atoms with Crippen molar-refractivity contribution in [3.8, 4) is 28.3 Å². The van der Waals surface area contributed by atoms with E-state index >= 15 is 0 Å². The van der Waals surface area contributed by atoms with Crippen molar-refractivity contribution in [2.24, 2.45) is 0 Å². The summed E-state index contributed by atoms with van der Waals surface area (Å²) in [4.78, 5) is 14.6. The van der Waals surface area contributed by atoms with Gasteiger partial charge in [-0.15, -0.1) is 53.6 Å². The van der Waals surface area contributed by atoms with Crippen molar-refractivity contribution in [1.82, 2.24) is 19.5 Å². The number of benzene rings is 5. The molecule has 0 aliphatic carbocycles. The number of nitrogens with zero attached hydrogens (tertiary/aromatic N) is 4. The second-order valence-corrected chi connectivity index (χ2v) is 14.5. The van der Waals surface area contributed by atoms with Crippen molar-refractivity contribution in [2.45, 2.75) is 60.3 Å². The second-order valence-electron chi connectivity index (χ2n) is 14.5. The number of fused-ring (bicyclic) bond motifs is 6. The molecular weight excluding hydrogens is 841 g/mol. The van der Waals surface area contributed by atoms with Crippen LogP contribution in [0.3, 0.4) is 0 Å². The first-order valence-electron chi connectivity index (χ1n) is 18.3. The van der Waals surface area contributed by atoms with Gasteiger partial charge in [0.1, 0.15) is 5.58 Å². The van der Waals surface area contributed by atoms with E-state index in [1.807, 2.05) is 55.6 Å². The molecule has 0 saturated carbocycles. The molecule has 0 aliphatic heterocycles. The summed E-state index contributed by atoms with van der Waals surface area (Å²) in [6.07, 6.45) is 1.88. The van der Waals surface area contributed by atoms with E-state index < -0.39 is 0 Å². The summed E-state index contributed by atoms with van der Waals surface area (Å²) in [7, 11) is 0. The molecule has 5 nitrogen and oxygen atoms in total. The van der Waals surface area contributed by atoms with Crippen LogP contribution in [0.1, 0.15) is 67.5 Å². The Morgan fingerprint density at radius 3 is 2.06 bits per heavy atom. The molecular formula is C48H42IrN4O-2. The molecule has 4 heterocycles. The molecule has 4 aromatic heterocycles. The fourth-order valence-electron chi connectivity index (χ4n) is 7.23. The Bertz CT molecular complexity index is 2690. The van der Waals surface area contributed by atoms with Gasteiger partial charge in [-0.05, 0) is 60.2 Å². The van der Waals surface area contributed by atoms with Crippen LogP contribution in [0.4, 0.5) is 0 Å². The van der Waals surface area contributed by atoms with E-state index in [1.54, 1.807) is 0 Å². The number of furan rings is 1. The first-order chi connectivity index (χ1) is 25.7. The van der Waals surface area contributed by atoms with Crippen molar-refractivity contribution < 1.29 is 24.5 Å². The summed E-state index contributed by atoms with van der Waals surface area (Å²) in [6, 6.07) is 44.3. The van der Waals surface area contributed by atoms with E-state index in [-0.39, 0.29) is 20.1 Å². The largest absolute Gasteiger partial charge is 0.501 e. The molecule has 0 spiro atoms. The summed E-state index contributed by atoms with van der Waals surface area (Å²) in [6.45, 7) is 15.2. The SMILES string of the molecule is Cc1c[c-]c(-c2ccc(C)cn2)cc1.Cc1nc2ccccc2c2c1nc(-c1[c-]ccc3c1oc1ccccc13)n2-c1c(C(C)C)cccc1C(C)C.[Ir]. The van der Waals surface area contributed by atoms with Crippen molar-refractivity contribution in [2.75, 3.05) is 0 Å². The fraction of sp³-hybridized carbons (Fsp3) is 0.188. The number of rotatable bonds is 5. The predicted molar refractivity (Wildman–Crippen MR) is 219 cm³/mol. The van der Waals surface area contributed by atoms with Gasteiger partial charge in [-0.25, -0.2) is 0 Å². The first-order valence-corrected chi connectivity index (χ1v) is 18.3. The maximum Gasteiger partial charge on any atom is 0.120 e. The van der Waals surface area contributed by atoms with Crippen LogP contribution in [0.2, 0.25) is 0 Å². The number of para-hydroxylation sites is 3. The van der Waals surface area contributed by atoms with Gasteiger partial charge in [0, 0.05) is 42.8 Å². The van der Waals surface area contributed by atoms with E-state index in [0.717, 1.165) is 72.2 Å². The number of pyridine rings is 2. The molecule has 0 unspecified atom stereocenters. The third-order valence-electron chi connectivity index (χ3n) is 9.95. The molecule has 9 aromatic rings. The van der Waals surface area contributed by atoms with Gasteiger partial charge in [-0.3, -0.25) is 9.97 Å². The monoisotopic (exact) mass is 883 g/mol. The van der Waals surface area contributed by atoms with Crippen LogP contribution >= 0.6 is 0 Å². The van der Waals surface area contributed by atoms with E-state index in [1.165, 1.54) is 27.9 Å². The third-order valence-corrected chi connectivity index (χ3v) is 9.95. The van der Waals surface area contributed by atoms with Gasteiger partial charge in [-0.1, -0.05) is 112 Å². The van der Waals surface area contributed by atoms with Gasteiger partial charge in [0.25, 0.3) is 0 Å². The molecule has 0 amide bonds. The maximum atomic E-state index is 6.50. The zero-order valence-corrected chi connectivity index (χ0v) is 34.0. The number of aryl methyl sites for hydroxylation is 3. The predicted octanol–water partition coefficient (Wildman–Crippen LogP) is 12.7. The quantitative estimate of drug-likeness (QED) is 0.162. The summed E-state index contributed by atoms with van der Waals surface area (Å²) in [5.74, 6) is 1.47. The zero-order valence-electron chi connectivity index (χ0n) is 31.7. The topological polar surface area (TPSA) is 56.7 Å². The Balaban J connectivity index is 0.000000253. The normalized spacial score (nSPS) is 11.4. The van der Waals surface area contributed by atoms with Crippen molar-refractivity contribution in [3.63, 3.8) is 0 Å². The van der Waals surface area contributed by atoms with Crippen LogP contribution in [0.25, 0.3) is 72.2 Å². The van der Waals surface area contributed by atoms with Gasteiger partial charge in [0.05, 0.1) is 33.7 Å². The molecule has 0 saturated heterocycles. The van der Waals surface area contributed by atoms with Gasteiger partial charge in [-0.2, -0.15) is 0 Å². The van der Waals surface area contributed by atoms with Crippen LogP contribution in [-0.2, 0) is 20.1 Å². The van der Waals surface area contributed by atoms with Crippen LogP contribution in [-0.4, -0.2) is 19.5 Å². The Morgan fingerprint density at radius 1 is 0.667 bits per heavy atom. The van der Waals surface area contributed by atoms with Crippen LogP contribution in [0.5, 0.6) is 0 Å². The second kappa shape index (κ2) is 15.1. The minimum Gasteiger partial charge on any atom is -0.501 e. The van der Waals surface area contributed by atoms with Gasteiger partial charge < -0.3 is 14.0 Å². The molecule has 0 fully saturated rings. The number of hydrogen-bond acceptors (Lipinski definition) is 4. The van der Waals surface area contributed by atoms with Crippen LogP contribution in [0.15, 0.2) is 120 Å². The smallest absolute Gasteiger partial charge is 0.120 e.